The molecule has 2 amide bonds. The van der Waals surface area contributed by atoms with Gasteiger partial charge in [0.25, 0.3) is 11.8 Å². The molecule has 0 fully saturated rings. The van der Waals surface area contributed by atoms with Gasteiger partial charge in [0.05, 0.1) is 11.0 Å². The van der Waals surface area contributed by atoms with Crippen molar-refractivity contribution in [2.24, 2.45) is 0 Å². The van der Waals surface area contributed by atoms with E-state index < -0.39 is 11.3 Å². The minimum Gasteiger partial charge on any atom is -0.508 e. The second-order valence-electron chi connectivity index (χ2n) is 7.59. The molecule has 6 nitrogen and oxygen atoms in total. The molecule has 2 N–H and O–H groups in total. The molecule has 1 aliphatic heterocycles. The van der Waals surface area contributed by atoms with Crippen LogP contribution in [0.25, 0.3) is 11.0 Å². The van der Waals surface area contributed by atoms with Crippen LogP contribution in [0.15, 0.2) is 66.7 Å². The summed E-state index contributed by atoms with van der Waals surface area (Å²) in [6.45, 7) is 1.89. The van der Waals surface area contributed by atoms with Gasteiger partial charge < -0.3 is 10.1 Å². The molecule has 0 bridgehead atoms. The van der Waals surface area contributed by atoms with Crippen molar-refractivity contribution < 1.29 is 14.7 Å². The number of likely N-dealkylation sites (N-methyl/N-ethyl adjacent to an activating group) is 1. The van der Waals surface area contributed by atoms with E-state index in [0.29, 0.717) is 28.0 Å². The highest BCUT2D eigenvalue weighted by Crippen LogP contribution is 2.47. The number of amides is 2. The predicted molar refractivity (Wildman–Crippen MR) is 112 cm³/mol. The number of para-hydroxylation sites is 2. The quantitative estimate of drug-likeness (QED) is 0.507. The molecule has 5 rings (SSSR count). The predicted octanol–water partition coefficient (Wildman–Crippen LogP) is 3.52. The van der Waals surface area contributed by atoms with Crippen molar-refractivity contribution in [3.05, 3.63) is 94.8 Å². The molecule has 0 radical (unpaired) electrons. The van der Waals surface area contributed by atoms with Gasteiger partial charge in [-0.1, -0.05) is 48.0 Å². The van der Waals surface area contributed by atoms with Crippen molar-refractivity contribution in [1.82, 2.24) is 14.9 Å². The number of imide groups is 1. The molecule has 1 aromatic heterocycles. The highest BCUT2D eigenvalue weighted by molar-refractivity contribution is 6.15. The van der Waals surface area contributed by atoms with Crippen molar-refractivity contribution in [3.63, 3.8) is 0 Å². The van der Waals surface area contributed by atoms with Gasteiger partial charge >= 0.3 is 0 Å². The molecule has 0 aliphatic carbocycles. The second kappa shape index (κ2) is 6.29. The first-order valence-corrected chi connectivity index (χ1v) is 9.62. The molecule has 30 heavy (non-hydrogen) atoms. The molecule has 3 aromatic carbocycles. The fourth-order valence-corrected chi connectivity index (χ4v) is 4.33. The topological polar surface area (TPSA) is 86.3 Å². The number of aromatic hydroxyl groups is 1. The number of imidazole rings is 1. The van der Waals surface area contributed by atoms with Crippen LogP contribution in [-0.4, -0.2) is 38.8 Å². The third-order valence-corrected chi connectivity index (χ3v) is 5.79. The molecule has 1 atom stereocenters. The van der Waals surface area contributed by atoms with E-state index in [2.05, 4.69) is 4.98 Å². The lowest BCUT2D eigenvalue weighted by Gasteiger charge is -2.40. The zero-order chi connectivity index (χ0) is 21.0. The lowest BCUT2D eigenvalue weighted by atomic mass is 9.68. The summed E-state index contributed by atoms with van der Waals surface area (Å²) in [4.78, 5) is 35.9. The van der Waals surface area contributed by atoms with Crippen LogP contribution in [0, 0.1) is 6.92 Å². The molecule has 0 spiro atoms. The highest BCUT2D eigenvalue weighted by Gasteiger charge is 2.55. The maximum Gasteiger partial charge on any atom is 0.260 e. The zero-order valence-corrected chi connectivity index (χ0v) is 16.5. The third-order valence-electron chi connectivity index (χ3n) is 5.79. The van der Waals surface area contributed by atoms with Crippen LogP contribution in [-0.2, 0) is 10.2 Å². The molecular weight excluding hydrogens is 378 g/mol. The number of H-pyrrole nitrogens is 1. The summed E-state index contributed by atoms with van der Waals surface area (Å²) in [6, 6.07) is 19.6. The Morgan fingerprint density at radius 2 is 1.70 bits per heavy atom. The van der Waals surface area contributed by atoms with Crippen LogP contribution in [0.2, 0.25) is 0 Å². The molecule has 1 aliphatic rings. The number of nitrogens with zero attached hydrogens (tertiary/aromatic N) is 2. The summed E-state index contributed by atoms with van der Waals surface area (Å²) >= 11 is 0. The number of carbonyl (C=O) groups excluding carboxylic acids is 2. The molecule has 6 heteroatoms. The Balaban J connectivity index is 1.98. The Morgan fingerprint density at radius 1 is 0.967 bits per heavy atom. The van der Waals surface area contributed by atoms with E-state index in [1.54, 1.807) is 42.5 Å². The van der Waals surface area contributed by atoms with Crippen molar-refractivity contribution >= 4 is 22.8 Å². The third kappa shape index (κ3) is 2.27. The summed E-state index contributed by atoms with van der Waals surface area (Å²) in [7, 11) is 1.46. The number of aromatic amines is 1. The molecule has 1 unspecified atom stereocenters. The standard InChI is InChI=1S/C24H19N3O3/c1-14-11-12-20(28)17(13-14)24(22-25-18-9-5-6-10-19(18)26-22)16-8-4-3-7-15(16)21(29)27(2)23(24)30/h3-13,28H,1-2H3,(H,25,26). The molecule has 148 valence electrons. The van der Waals surface area contributed by atoms with Crippen LogP contribution in [0.1, 0.15) is 32.9 Å². The number of hydrogen-bond acceptors (Lipinski definition) is 4. The van der Waals surface area contributed by atoms with E-state index in [0.717, 1.165) is 16.0 Å². The lowest BCUT2D eigenvalue weighted by Crippen LogP contribution is -2.54. The summed E-state index contributed by atoms with van der Waals surface area (Å²) in [5.74, 6) is -0.519. The SMILES string of the molecule is Cc1ccc(O)c(C2(c3nc4ccccc4[nH]3)C(=O)N(C)C(=O)c3ccccc32)c1. The average Bonchev–Trinajstić information content (AvgIpc) is 3.19. The number of fused-ring (bicyclic) bond motifs is 2. The monoisotopic (exact) mass is 397 g/mol. The Kier molecular flexibility index (Phi) is 3.80. The second-order valence-corrected chi connectivity index (χ2v) is 7.59. The Hall–Kier alpha value is -3.93. The molecule has 2 heterocycles. The van der Waals surface area contributed by atoms with Gasteiger partial charge in [0.2, 0.25) is 0 Å². The first-order valence-electron chi connectivity index (χ1n) is 9.62. The van der Waals surface area contributed by atoms with Gasteiger partial charge in [-0.05, 0) is 36.8 Å². The fraction of sp³-hybridized carbons (Fsp3) is 0.125. The summed E-state index contributed by atoms with van der Waals surface area (Å²) < 4.78 is 0. The van der Waals surface area contributed by atoms with Crippen LogP contribution < -0.4 is 0 Å². The first-order chi connectivity index (χ1) is 14.4. The number of benzene rings is 3. The van der Waals surface area contributed by atoms with E-state index in [4.69, 9.17) is 4.98 Å². The Bertz CT molecular complexity index is 1310. The minimum atomic E-state index is -1.49. The largest absolute Gasteiger partial charge is 0.508 e. The van der Waals surface area contributed by atoms with E-state index in [1.165, 1.54) is 7.05 Å². The smallest absolute Gasteiger partial charge is 0.260 e. The number of carbonyl (C=O) groups is 2. The number of rotatable bonds is 2. The number of aryl methyl sites for hydroxylation is 1. The van der Waals surface area contributed by atoms with E-state index in [1.807, 2.05) is 31.2 Å². The normalized spacial score (nSPS) is 18.7. The van der Waals surface area contributed by atoms with Gasteiger partial charge in [0.1, 0.15) is 11.6 Å². The maximum atomic E-state index is 13.9. The zero-order valence-electron chi connectivity index (χ0n) is 16.5. The van der Waals surface area contributed by atoms with Crippen molar-refractivity contribution in [1.29, 1.82) is 0 Å². The summed E-state index contributed by atoms with van der Waals surface area (Å²) in [5.41, 5.74) is 2.14. The van der Waals surface area contributed by atoms with E-state index >= 15 is 0 Å². The van der Waals surface area contributed by atoms with Gasteiger partial charge in [-0.2, -0.15) is 0 Å². The number of phenols is 1. The average molecular weight is 397 g/mol. The van der Waals surface area contributed by atoms with Crippen molar-refractivity contribution in [3.8, 4) is 5.75 Å². The van der Waals surface area contributed by atoms with Crippen LogP contribution >= 0.6 is 0 Å². The number of phenolic OH excluding ortho intramolecular Hbond substituents is 1. The van der Waals surface area contributed by atoms with E-state index in [9.17, 15) is 14.7 Å². The van der Waals surface area contributed by atoms with E-state index in [-0.39, 0.29) is 11.7 Å². The molecule has 0 saturated heterocycles. The summed E-state index contributed by atoms with van der Waals surface area (Å²) in [6.07, 6.45) is 0. The minimum absolute atomic E-state index is 0.0352. The summed E-state index contributed by atoms with van der Waals surface area (Å²) in [5, 5.41) is 10.9. The van der Waals surface area contributed by atoms with Crippen molar-refractivity contribution in [2.45, 2.75) is 12.3 Å². The Labute approximate surface area is 172 Å². The van der Waals surface area contributed by atoms with Crippen LogP contribution in [0.5, 0.6) is 5.75 Å². The fourth-order valence-electron chi connectivity index (χ4n) is 4.33. The molecular formula is C24H19N3O3. The number of hydrogen-bond donors (Lipinski definition) is 2. The first kappa shape index (κ1) is 18.1. The lowest BCUT2D eigenvalue weighted by molar-refractivity contribution is -0.131. The van der Waals surface area contributed by atoms with Gasteiger partial charge in [0, 0.05) is 18.2 Å². The van der Waals surface area contributed by atoms with Crippen molar-refractivity contribution in [2.75, 3.05) is 7.05 Å². The van der Waals surface area contributed by atoms with Gasteiger partial charge in [-0.3, -0.25) is 14.5 Å². The highest BCUT2D eigenvalue weighted by atomic mass is 16.3. The van der Waals surface area contributed by atoms with Crippen LogP contribution in [0.3, 0.4) is 0 Å². The number of nitrogens with one attached hydrogen (secondary N) is 1. The Morgan fingerprint density at radius 3 is 2.50 bits per heavy atom. The molecule has 4 aromatic rings. The molecule has 0 saturated carbocycles. The van der Waals surface area contributed by atoms with Gasteiger partial charge in [-0.15, -0.1) is 0 Å². The van der Waals surface area contributed by atoms with Gasteiger partial charge in [-0.25, -0.2) is 4.98 Å². The maximum absolute atomic E-state index is 13.9. The van der Waals surface area contributed by atoms with Gasteiger partial charge in [0.15, 0.2) is 5.41 Å². The number of aromatic nitrogens is 2. The van der Waals surface area contributed by atoms with Crippen LogP contribution in [0.4, 0.5) is 0 Å².